The third-order valence-electron chi connectivity index (χ3n) is 3.31. The van der Waals surface area contributed by atoms with Gasteiger partial charge in [-0.1, -0.05) is 0 Å². The number of aromatic nitrogens is 2. The summed E-state index contributed by atoms with van der Waals surface area (Å²) in [6.45, 7) is 0. The number of nitrogens with one attached hydrogen (secondary N) is 2. The topological polar surface area (TPSA) is 85.5 Å². The number of nitrogens with zero attached hydrogens (tertiary/aromatic N) is 3. The predicted molar refractivity (Wildman–Crippen MR) is 88.8 cm³/mol. The van der Waals surface area contributed by atoms with E-state index in [0.717, 1.165) is 5.69 Å². The monoisotopic (exact) mass is 317 g/mol. The molecule has 0 bridgehead atoms. The Morgan fingerprint density at radius 1 is 1.04 bits per heavy atom. The van der Waals surface area contributed by atoms with Crippen molar-refractivity contribution in [2.75, 3.05) is 5.32 Å². The molecule has 0 unspecified atom stereocenters. The van der Waals surface area contributed by atoms with Crippen molar-refractivity contribution in [3.63, 3.8) is 0 Å². The molecule has 0 aliphatic carbocycles. The van der Waals surface area contributed by atoms with Crippen molar-refractivity contribution in [2.45, 2.75) is 0 Å². The lowest BCUT2D eigenvalue weighted by Crippen LogP contribution is -2.07. The van der Waals surface area contributed by atoms with Gasteiger partial charge in [-0.15, -0.1) is 0 Å². The van der Waals surface area contributed by atoms with Crippen LogP contribution in [0.2, 0.25) is 0 Å². The fourth-order valence-electron chi connectivity index (χ4n) is 2.08. The van der Waals surface area contributed by atoms with Gasteiger partial charge in [-0.25, -0.2) is 14.4 Å². The molecular weight excluding hydrogens is 305 g/mol. The van der Waals surface area contributed by atoms with E-state index in [4.69, 9.17) is 10.7 Å². The fraction of sp³-hybridized carbons (Fsp3) is 0. The molecule has 0 atom stereocenters. The minimum absolute atomic E-state index is 0.181. The summed E-state index contributed by atoms with van der Waals surface area (Å²) in [5.41, 5.74) is 2.47. The van der Waals surface area contributed by atoms with E-state index in [0.29, 0.717) is 22.8 Å². The number of anilines is 2. The van der Waals surface area contributed by atoms with E-state index < -0.39 is 0 Å². The Balaban J connectivity index is 1.82. The molecule has 0 aliphatic heterocycles. The third-order valence-corrected chi connectivity index (χ3v) is 3.31. The molecule has 6 heteroatoms. The van der Waals surface area contributed by atoms with Crippen molar-refractivity contribution in [1.82, 2.24) is 9.97 Å². The van der Waals surface area contributed by atoms with Crippen LogP contribution in [-0.2, 0) is 0 Å². The molecule has 24 heavy (non-hydrogen) atoms. The van der Waals surface area contributed by atoms with Gasteiger partial charge in [0, 0.05) is 17.4 Å². The molecule has 1 heterocycles. The van der Waals surface area contributed by atoms with Crippen molar-refractivity contribution in [3.8, 4) is 6.07 Å². The zero-order chi connectivity index (χ0) is 16.9. The van der Waals surface area contributed by atoms with Crippen LogP contribution in [0, 0.1) is 22.6 Å². The van der Waals surface area contributed by atoms with Crippen LogP contribution in [-0.4, -0.2) is 15.7 Å². The molecule has 0 amide bonds. The summed E-state index contributed by atoms with van der Waals surface area (Å²) in [7, 11) is 0. The van der Waals surface area contributed by atoms with Gasteiger partial charge in [0.05, 0.1) is 23.0 Å². The van der Waals surface area contributed by atoms with Crippen LogP contribution in [0.15, 0.2) is 60.8 Å². The molecule has 3 rings (SSSR count). The van der Waals surface area contributed by atoms with Gasteiger partial charge in [0.15, 0.2) is 0 Å². The highest BCUT2D eigenvalue weighted by atomic mass is 19.1. The third kappa shape index (κ3) is 3.42. The molecule has 3 aromatic rings. The SMILES string of the molecule is N#Cc1ccc(Nc2nccc(C(=N)c3ccc(F)cc3)n2)cc1. The van der Waals surface area contributed by atoms with E-state index in [-0.39, 0.29) is 11.5 Å². The largest absolute Gasteiger partial charge is 0.324 e. The van der Waals surface area contributed by atoms with Gasteiger partial charge in [0.2, 0.25) is 5.95 Å². The molecule has 116 valence electrons. The van der Waals surface area contributed by atoms with Crippen LogP contribution < -0.4 is 5.32 Å². The van der Waals surface area contributed by atoms with Crippen molar-refractivity contribution >= 4 is 17.3 Å². The summed E-state index contributed by atoms with van der Waals surface area (Å²) in [4.78, 5) is 8.43. The van der Waals surface area contributed by atoms with E-state index in [9.17, 15) is 4.39 Å². The first-order chi connectivity index (χ1) is 11.7. The summed E-state index contributed by atoms with van der Waals surface area (Å²) in [6.07, 6.45) is 1.55. The Kier molecular flexibility index (Phi) is 4.25. The molecule has 5 nitrogen and oxygen atoms in total. The molecular formula is C18H12FN5. The van der Waals surface area contributed by atoms with E-state index in [1.165, 1.54) is 24.3 Å². The smallest absolute Gasteiger partial charge is 0.227 e. The van der Waals surface area contributed by atoms with Gasteiger partial charge in [-0.2, -0.15) is 5.26 Å². The summed E-state index contributed by atoms with van der Waals surface area (Å²) in [6, 6.07) is 16.2. The number of halogens is 1. The quantitative estimate of drug-likeness (QED) is 0.719. The number of hydrogen-bond donors (Lipinski definition) is 2. The average Bonchev–Trinajstić information content (AvgIpc) is 2.63. The molecule has 2 N–H and O–H groups in total. The summed E-state index contributed by atoms with van der Waals surface area (Å²) in [5, 5.41) is 20.0. The molecule has 0 fully saturated rings. The lowest BCUT2D eigenvalue weighted by atomic mass is 10.1. The van der Waals surface area contributed by atoms with Gasteiger partial charge in [-0.3, -0.25) is 5.41 Å². The first-order valence-electron chi connectivity index (χ1n) is 7.11. The first-order valence-corrected chi connectivity index (χ1v) is 7.11. The molecule has 2 aromatic carbocycles. The van der Waals surface area contributed by atoms with Crippen LogP contribution in [0.1, 0.15) is 16.8 Å². The van der Waals surface area contributed by atoms with Crippen molar-refractivity contribution in [2.24, 2.45) is 0 Å². The summed E-state index contributed by atoms with van der Waals surface area (Å²) >= 11 is 0. The number of hydrogen-bond acceptors (Lipinski definition) is 5. The van der Waals surface area contributed by atoms with Crippen molar-refractivity contribution in [3.05, 3.63) is 83.4 Å². The average molecular weight is 317 g/mol. The zero-order valence-electron chi connectivity index (χ0n) is 12.5. The maximum Gasteiger partial charge on any atom is 0.227 e. The fourth-order valence-corrected chi connectivity index (χ4v) is 2.08. The Hall–Kier alpha value is -3.59. The molecule has 0 saturated heterocycles. The van der Waals surface area contributed by atoms with Gasteiger partial charge in [0.25, 0.3) is 0 Å². The first kappa shape index (κ1) is 15.3. The van der Waals surface area contributed by atoms with Gasteiger partial charge < -0.3 is 5.32 Å². The highest BCUT2D eigenvalue weighted by Gasteiger charge is 2.08. The Morgan fingerprint density at radius 3 is 2.42 bits per heavy atom. The molecule has 0 saturated carbocycles. The minimum Gasteiger partial charge on any atom is -0.324 e. The highest BCUT2D eigenvalue weighted by molar-refractivity contribution is 6.09. The van der Waals surface area contributed by atoms with Crippen LogP contribution in [0.4, 0.5) is 16.0 Å². The predicted octanol–water partition coefficient (Wildman–Crippen LogP) is 3.65. The number of nitriles is 1. The van der Waals surface area contributed by atoms with Gasteiger partial charge >= 0.3 is 0 Å². The second-order valence-electron chi connectivity index (χ2n) is 4.96. The summed E-state index contributed by atoms with van der Waals surface area (Å²) in [5.74, 6) is -0.0125. The normalized spacial score (nSPS) is 10.0. The number of rotatable bonds is 4. The molecule has 0 radical (unpaired) electrons. The minimum atomic E-state index is -0.350. The van der Waals surface area contributed by atoms with E-state index >= 15 is 0 Å². The second-order valence-corrected chi connectivity index (χ2v) is 4.96. The van der Waals surface area contributed by atoms with Gasteiger partial charge in [-0.05, 0) is 54.6 Å². The Bertz CT molecular complexity index is 911. The molecule has 0 spiro atoms. The zero-order valence-corrected chi connectivity index (χ0v) is 12.5. The lowest BCUT2D eigenvalue weighted by molar-refractivity contribution is 0.628. The van der Waals surface area contributed by atoms with Crippen molar-refractivity contribution in [1.29, 1.82) is 10.7 Å². The van der Waals surface area contributed by atoms with Crippen molar-refractivity contribution < 1.29 is 4.39 Å². The standard InChI is InChI=1S/C18H12FN5/c19-14-5-3-13(4-6-14)17(21)16-9-10-22-18(24-16)23-15-7-1-12(11-20)2-8-15/h1-10,21H,(H,22,23,24). The lowest BCUT2D eigenvalue weighted by Gasteiger charge is -2.07. The summed E-state index contributed by atoms with van der Waals surface area (Å²) < 4.78 is 13.0. The highest BCUT2D eigenvalue weighted by Crippen LogP contribution is 2.15. The second kappa shape index (κ2) is 6.67. The van der Waals surface area contributed by atoms with E-state index in [1.807, 2.05) is 0 Å². The molecule has 1 aromatic heterocycles. The maximum absolute atomic E-state index is 13.0. The van der Waals surface area contributed by atoms with Crippen LogP contribution in [0.3, 0.4) is 0 Å². The maximum atomic E-state index is 13.0. The Labute approximate surface area is 138 Å². The molecule has 0 aliphatic rings. The van der Waals surface area contributed by atoms with E-state index in [1.54, 1.807) is 36.5 Å². The van der Waals surface area contributed by atoms with Gasteiger partial charge in [0.1, 0.15) is 5.82 Å². The van der Waals surface area contributed by atoms with Crippen LogP contribution in [0.25, 0.3) is 0 Å². The van der Waals surface area contributed by atoms with Crippen LogP contribution >= 0.6 is 0 Å². The number of benzene rings is 2. The van der Waals surface area contributed by atoms with Crippen LogP contribution in [0.5, 0.6) is 0 Å². The Morgan fingerprint density at radius 2 is 1.75 bits per heavy atom. The van der Waals surface area contributed by atoms with E-state index in [2.05, 4.69) is 21.4 Å².